The zero-order chi connectivity index (χ0) is 13.0. The van der Waals surface area contributed by atoms with Gasteiger partial charge in [-0.2, -0.15) is 0 Å². The van der Waals surface area contributed by atoms with Crippen molar-refractivity contribution in [3.8, 4) is 0 Å². The summed E-state index contributed by atoms with van der Waals surface area (Å²) in [7, 11) is 0. The van der Waals surface area contributed by atoms with Gasteiger partial charge in [-0.3, -0.25) is 0 Å². The minimum Gasteiger partial charge on any atom is -0.427 e. The lowest BCUT2D eigenvalue weighted by Crippen LogP contribution is -2.01. The molecular formula is C14H13NO2S. The molecule has 0 aliphatic carbocycles. The van der Waals surface area contributed by atoms with Gasteiger partial charge in [0.15, 0.2) is 5.69 Å². The van der Waals surface area contributed by atoms with E-state index in [0.717, 1.165) is 10.5 Å². The van der Waals surface area contributed by atoms with Gasteiger partial charge in [0.25, 0.3) is 0 Å². The molecule has 3 nitrogen and oxygen atoms in total. The normalized spacial score (nSPS) is 11.0. The second-order valence-electron chi connectivity index (χ2n) is 3.73. The molecule has 0 unspecified atom stereocenters. The average molecular weight is 259 g/mol. The largest absolute Gasteiger partial charge is 0.427 e. The molecule has 2 rings (SSSR count). The van der Waals surface area contributed by atoms with Crippen LogP contribution in [0, 0.1) is 6.92 Å². The molecule has 0 bridgehead atoms. The zero-order valence-electron chi connectivity index (χ0n) is 10.2. The van der Waals surface area contributed by atoms with Crippen LogP contribution in [0.15, 0.2) is 55.5 Å². The van der Waals surface area contributed by atoms with E-state index in [9.17, 15) is 4.79 Å². The van der Waals surface area contributed by atoms with Gasteiger partial charge in [-0.1, -0.05) is 30.3 Å². The summed E-state index contributed by atoms with van der Waals surface area (Å²) in [5.41, 5.74) is 0.910. The minimum atomic E-state index is -0.397. The fraction of sp³-hybridized carbons (Fsp3) is 0.143. The van der Waals surface area contributed by atoms with E-state index in [1.54, 1.807) is 13.1 Å². The summed E-state index contributed by atoms with van der Waals surface area (Å²) < 4.78 is 5.06. The van der Waals surface area contributed by atoms with Gasteiger partial charge in [-0.05, 0) is 24.8 Å². The van der Waals surface area contributed by atoms with Crippen LogP contribution < -0.4 is 5.63 Å². The number of benzene rings is 1. The number of hydrogen-bond donors (Lipinski definition) is 0. The van der Waals surface area contributed by atoms with E-state index in [0.29, 0.717) is 11.4 Å². The highest BCUT2D eigenvalue weighted by Gasteiger charge is 2.07. The summed E-state index contributed by atoms with van der Waals surface area (Å²) in [5, 5.41) is 0. The standard InChI is InChI=1S/C14H13NO2S/c1-10-8-12(18-2)13(14(16)17-10)15-9-11-6-4-3-5-7-11/h3-9H,1-2H3. The Labute approximate surface area is 110 Å². The maximum atomic E-state index is 11.7. The Morgan fingerprint density at radius 2 is 2.00 bits per heavy atom. The lowest BCUT2D eigenvalue weighted by atomic mass is 10.2. The van der Waals surface area contributed by atoms with Gasteiger partial charge < -0.3 is 4.42 Å². The molecule has 92 valence electrons. The molecule has 0 aliphatic heterocycles. The van der Waals surface area contributed by atoms with Crippen molar-refractivity contribution < 1.29 is 4.42 Å². The predicted octanol–water partition coefficient (Wildman–Crippen LogP) is 3.42. The number of hydrogen-bond acceptors (Lipinski definition) is 4. The second kappa shape index (κ2) is 5.69. The van der Waals surface area contributed by atoms with E-state index in [1.165, 1.54) is 11.8 Å². The highest BCUT2D eigenvalue weighted by Crippen LogP contribution is 2.25. The van der Waals surface area contributed by atoms with Gasteiger partial charge in [0.05, 0.1) is 0 Å². The van der Waals surface area contributed by atoms with E-state index < -0.39 is 5.63 Å². The summed E-state index contributed by atoms with van der Waals surface area (Å²) in [4.78, 5) is 16.8. The highest BCUT2D eigenvalue weighted by molar-refractivity contribution is 7.98. The topological polar surface area (TPSA) is 42.6 Å². The number of aliphatic imine (C=N–C) groups is 1. The van der Waals surface area contributed by atoms with Crippen molar-refractivity contribution in [3.05, 3.63) is 58.1 Å². The van der Waals surface area contributed by atoms with Crippen molar-refractivity contribution in [2.75, 3.05) is 6.26 Å². The van der Waals surface area contributed by atoms with Gasteiger partial charge in [-0.15, -0.1) is 11.8 Å². The van der Waals surface area contributed by atoms with E-state index in [2.05, 4.69) is 4.99 Å². The summed E-state index contributed by atoms with van der Waals surface area (Å²) in [5.74, 6) is 0.600. The smallest absolute Gasteiger partial charge is 0.363 e. The van der Waals surface area contributed by atoms with Crippen molar-refractivity contribution in [2.24, 2.45) is 4.99 Å². The van der Waals surface area contributed by atoms with Gasteiger partial charge in [0.1, 0.15) is 5.76 Å². The van der Waals surface area contributed by atoms with E-state index in [1.807, 2.05) is 42.7 Å². The van der Waals surface area contributed by atoms with Gasteiger partial charge >= 0.3 is 5.63 Å². The van der Waals surface area contributed by atoms with Crippen molar-refractivity contribution in [2.45, 2.75) is 11.8 Å². The molecule has 0 amide bonds. The molecule has 1 aromatic heterocycles. The average Bonchev–Trinajstić information content (AvgIpc) is 2.38. The molecule has 0 atom stereocenters. The number of nitrogens with zero attached hydrogens (tertiary/aromatic N) is 1. The van der Waals surface area contributed by atoms with E-state index in [4.69, 9.17) is 4.42 Å². The molecular weight excluding hydrogens is 246 g/mol. The first-order valence-corrected chi connectivity index (χ1v) is 6.71. The Morgan fingerprint density at radius 1 is 1.28 bits per heavy atom. The summed E-state index contributed by atoms with van der Waals surface area (Å²) in [6.45, 7) is 1.76. The Hall–Kier alpha value is -1.81. The van der Waals surface area contributed by atoms with E-state index >= 15 is 0 Å². The molecule has 0 aliphatic rings. The van der Waals surface area contributed by atoms with Crippen LogP contribution in [0.4, 0.5) is 5.69 Å². The third-order valence-electron chi connectivity index (χ3n) is 2.38. The van der Waals surface area contributed by atoms with Crippen LogP contribution in [0.1, 0.15) is 11.3 Å². The van der Waals surface area contributed by atoms with Crippen LogP contribution >= 0.6 is 11.8 Å². The third kappa shape index (κ3) is 2.90. The van der Waals surface area contributed by atoms with Crippen LogP contribution in [0.5, 0.6) is 0 Å². The maximum Gasteiger partial charge on any atom is 0.363 e. The zero-order valence-corrected chi connectivity index (χ0v) is 11.0. The van der Waals surface area contributed by atoms with Crippen molar-refractivity contribution >= 4 is 23.7 Å². The van der Waals surface area contributed by atoms with Crippen LogP contribution in [0.2, 0.25) is 0 Å². The monoisotopic (exact) mass is 259 g/mol. The lowest BCUT2D eigenvalue weighted by Gasteiger charge is -2.01. The number of thioether (sulfide) groups is 1. The third-order valence-corrected chi connectivity index (χ3v) is 3.13. The predicted molar refractivity (Wildman–Crippen MR) is 75.2 cm³/mol. The van der Waals surface area contributed by atoms with Crippen molar-refractivity contribution in [3.63, 3.8) is 0 Å². The minimum absolute atomic E-state index is 0.358. The Morgan fingerprint density at radius 3 is 2.67 bits per heavy atom. The number of aryl methyl sites for hydroxylation is 1. The van der Waals surface area contributed by atoms with E-state index in [-0.39, 0.29) is 0 Å². The van der Waals surface area contributed by atoms with Crippen molar-refractivity contribution in [1.82, 2.24) is 0 Å². The summed E-state index contributed by atoms with van der Waals surface area (Å²) in [6.07, 6.45) is 3.58. The first-order valence-electron chi connectivity index (χ1n) is 5.48. The fourth-order valence-corrected chi connectivity index (χ4v) is 2.14. The summed E-state index contributed by atoms with van der Waals surface area (Å²) in [6, 6.07) is 11.5. The number of rotatable bonds is 3. The van der Waals surface area contributed by atoms with Gasteiger partial charge in [0, 0.05) is 11.1 Å². The molecule has 1 aromatic carbocycles. The first kappa shape index (κ1) is 12.6. The van der Waals surface area contributed by atoms with Gasteiger partial charge in [0.2, 0.25) is 0 Å². The summed E-state index contributed by atoms with van der Waals surface area (Å²) >= 11 is 1.49. The molecule has 0 spiro atoms. The molecule has 18 heavy (non-hydrogen) atoms. The van der Waals surface area contributed by atoms with Crippen LogP contribution in [-0.2, 0) is 0 Å². The van der Waals surface area contributed by atoms with Crippen LogP contribution in [-0.4, -0.2) is 12.5 Å². The Bertz CT molecular complexity index is 617. The lowest BCUT2D eigenvalue weighted by molar-refractivity contribution is 0.477. The Kier molecular flexibility index (Phi) is 3.99. The van der Waals surface area contributed by atoms with Gasteiger partial charge in [-0.25, -0.2) is 9.79 Å². The first-order chi connectivity index (χ1) is 8.70. The fourth-order valence-electron chi connectivity index (χ4n) is 1.53. The second-order valence-corrected chi connectivity index (χ2v) is 4.58. The maximum absolute atomic E-state index is 11.7. The molecule has 0 N–H and O–H groups in total. The Balaban J connectivity index is 2.40. The molecule has 2 aromatic rings. The molecule has 1 heterocycles. The molecule has 0 radical (unpaired) electrons. The van der Waals surface area contributed by atoms with Crippen molar-refractivity contribution in [1.29, 1.82) is 0 Å². The highest BCUT2D eigenvalue weighted by atomic mass is 32.2. The molecule has 0 saturated heterocycles. The molecule has 4 heteroatoms. The molecule has 0 fully saturated rings. The molecule has 0 saturated carbocycles. The van der Waals surface area contributed by atoms with Crippen LogP contribution in [0.25, 0.3) is 0 Å². The SMILES string of the molecule is CSc1cc(C)oc(=O)c1N=Cc1ccccc1. The quantitative estimate of drug-likeness (QED) is 0.626. The van der Waals surface area contributed by atoms with Crippen LogP contribution in [0.3, 0.4) is 0 Å².